The third-order valence-electron chi connectivity index (χ3n) is 7.84. The monoisotopic (exact) mass is 396 g/mol. The molecule has 1 atom stereocenters. The van der Waals surface area contributed by atoms with E-state index < -0.39 is 0 Å². The summed E-state index contributed by atoms with van der Waals surface area (Å²) in [6.07, 6.45) is 8.38. The Kier molecular flexibility index (Phi) is 4.13. The number of benzene rings is 2. The van der Waals surface area contributed by atoms with Gasteiger partial charge in [-0.05, 0) is 68.4 Å². The normalized spacial score (nSPS) is 34.2. The maximum atomic E-state index is 9.79. The fourth-order valence-electron chi connectivity index (χ4n) is 7.16. The second kappa shape index (κ2) is 6.87. The lowest BCUT2D eigenvalue weighted by Gasteiger charge is -2.60. The summed E-state index contributed by atoms with van der Waals surface area (Å²) in [4.78, 5) is 2.32. The quantitative estimate of drug-likeness (QED) is 0.697. The van der Waals surface area contributed by atoms with Crippen LogP contribution in [0.5, 0.6) is 0 Å². The van der Waals surface area contributed by atoms with Crippen molar-refractivity contribution in [3.05, 3.63) is 66.2 Å². The third kappa shape index (κ3) is 2.75. The Morgan fingerprint density at radius 3 is 2.00 bits per heavy atom. The maximum absolute atomic E-state index is 9.79. The number of hydrogen-bond acceptors (Lipinski definition) is 4. The number of hydrogen-bond donors (Lipinski definition) is 0. The first kappa shape index (κ1) is 18.0. The van der Waals surface area contributed by atoms with Gasteiger partial charge in [0.05, 0.1) is 18.0 Å². The molecule has 0 aromatic heterocycles. The van der Waals surface area contributed by atoms with E-state index in [4.69, 9.17) is 5.10 Å². The molecular weight excluding hydrogens is 368 g/mol. The molecule has 0 saturated heterocycles. The Balaban J connectivity index is 1.47. The molecule has 1 heterocycles. The lowest BCUT2D eigenvalue weighted by atomic mass is 9.52. The lowest BCUT2D eigenvalue weighted by Crippen LogP contribution is -2.61. The SMILES string of the molecule is N#CCC1N(c2ccccc2)C(c2ccccc2)=NN1C12CC3CC(CC(C3)C1)C2. The van der Waals surface area contributed by atoms with E-state index in [1.165, 1.54) is 38.5 Å². The van der Waals surface area contributed by atoms with Crippen LogP contribution in [0.1, 0.15) is 50.5 Å². The van der Waals surface area contributed by atoms with Gasteiger partial charge in [-0.3, -0.25) is 5.01 Å². The summed E-state index contributed by atoms with van der Waals surface area (Å²) in [5, 5.41) is 17.5. The fraction of sp³-hybridized carbons (Fsp3) is 0.462. The molecule has 2 aromatic rings. The van der Waals surface area contributed by atoms with Crippen LogP contribution in [0.4, 0.5) is 5.69 Å². The predicted molar refractivity (Wildman–Crippen MR) is 119 cm³/mol. The maximum Gasteiger partial charge on any atom is 0.162 e. The number of anilines is 1. The van der Waals surface area contributed by atoms with E-state index in [1.807, 2.05) is 0 Å². The average Bonchev–Trinajstić information content (AvgIpc) is 3.14. The van der Waals surface area contributed by atoms with Crippen molar-refractivity contribution < 1.29 is 0 Å². The Morgan fingerprint density at radius 2 is 1.43 bits per heavy atom. The zero-order chi connectivity index (χ0) is 20.1. The molecule has 4 fully saturated rings. The molecule has 2 aromatic carbocycles. The minimum absolute atomic E-state index is 0.0381. The van der Waals surface area contributed by atoms with E-state index in [2.05, 4.69) is 76.6 Å². The third-order valence-corrected chi connectivity index (χ3v) is 7.84. The first-order valence-corrected chi connectivity index (χ1v) is 11.4. The van der Waals surface area contributed by atoms with E-state index in [0.717, 1.165) is 34.8 Å². The lowest BCUT2D eigenvalue weighted by molar-refractivity contribution is -0.0982. The largest absolute Gasteiger partial charge is 0.301 e. The van der Waals surface area contributed by atoms with E-state index in [1.54, 1.807) is 0 Å². The Bertz CT molecular complexity index is 955. The standard InChI is InChI=1S/C26H28N4/c27-12-11-24-29(23-9-5-2-6-10-23)25(22-7-3-1-4-8-22)28-30(24)26-16-19-13-20(17-26)15-21(14-19)18-26/h1-10,19-21,24H,11,13-18H2. The highest BCUT2D eigenvalue weighted by molar-refractivity contribution is 6.11. The van der Waals surface area contributed by atoms with Crippen molar-refractivity contribution in [1.29, 1.82) is 5.26 Å². The van der Waals surface area contributed by atoms with Crippen LogP contribution in [0.25, 0.3) is 0 Å². The molecule has 0 N–H and O–H groups in total. The Morgan fingerprint density at radius 1 is 0.867 bits per heavy atom. The van der Waals surface area contributed by atoms with Crippen LogP contribution in [0.15, 0.2) is 65.8 Å². The van der Waals surface area contributed by atoms with Crippen LogP contribution < -0.4 is 4.90 Å². The topological polar surface area (TPSA) is 42.6 Å². The van der Waals surface area contributed by atoms with Crippen molar-refractivity contribution in [2.24, 2.45) is 22.9 Å². The number of para-hydroxylation sites is 1. The summed E-state index contributed by atoms with van der Waals surface area (Å²) in [5.41, 5.74) is 2.36. The molecule has 7 rings (SSSR count). The Labute approximate surface area is 178 Å². The highest BCUT2D eigenvalue weighted by Crippen LogP contribution is 2.59. The molecule has 4 saturated carbocycles. The zero-order valence-corrected chi connectivity index (χ0v) is 17.3. The number of rotatable bonds is 4. The van der Waals surface area contributed by atoms with Crippen LogP contribution >= 0.6 is 0 Å². The molecule has 30 heavy (non-hydrogen) atoms. The van der Waals surface area contributed by atoms with Crippen molar-refractivity contribution in [2.75, 3.05) is 4.90 Å². The highest BCUT2D eigenvalue weighted by Gasteiger charge is 2.57. The van der Waals surface area contributed by atoms with E-state index in [-0.39, 0.29) is 11.7 Å². The summed E-state index contributed by atoms with van der Waals surface area (Å²) >= 11 is 0. The highest BCUT2D eigenvalue weighted by atomic mass is 15.6. The molecule has 4 aliphatic carbocycles. The van der Waals surface area contributed by atoms with Crippen LogP contribution in [0, 0.1) is 29.1 Å². The number of amidine groups is 1. The van der Waals surface area contributed by atoms with Gasteiger partial charge in [0, 0.05) is 11.3 Å². The number of hydrazone groups is 1. The van der Waals surface area contributed by atoms with E-state index >= 15 is 0 Å². The molecule has 4 nitrogen and oxygen atoms in total. The molecule has 152 valence electrons. The predicted octanol–water partition coefficient (Wildman–Crippen LogP) is 5.38. The molecule has 0 amide bonds. The van der Waals surface area contributed by atoms with E-state index in [0.29, 0.717) is 6.42 Å². The van der Waals surface area contributed by atoms with Crippen molar-refractivity contribution in [2.45, 2.75) is 56.7 Å². The fourth-order valence-corrected chi connectivity index (χ4v) is 7.16. The van der Waals surface area contributed by atoms with Gasteiger partial charge in [0.1, 0.15) is 6.17 Å². The van der Waals surface area contributed by atoms with E-state index in [9.17, 15) is 5.26 Å². The summed E-state index contributed by atoms with van der Waals surface area (Å²) in [7, 11) is 0. The van der Waals surface area contributed by atoms with Gasteiger partial charge in [0.15, 0.2) is 5.84 Å². The van der Waals surface area contributed by atoms with Gasteiger partial charge in [-0.15, -0.1) is 0 Å². The molecular formula is C26H28N4. The van der Waals surface area contributed by atoms with Gasteiger partial charge in [-0.25, -0.2) is 0 Å². The van der Waals surface area contributed by atoms with Gasteiger partial charge in [-0.2, -0.15) is 10.4 Å². The van der Waals surface area contributed by atoms with Crippen molar-refractivity contribution in [3.63, 3.8) is 0 Å². The van der Waals surface area contributed by atoms with Crippen molar-refractivity contribution >= 4 is 11.5 Å². The Hall–Kier alpha value is -2.80. The van der Waals surface area contributed by atoms with Crippen LogP contribution in [0.3, 0.4) is 0 Å². The average molecular weight is 397 g/mol. The van der Waals surface area contributed by atoms with Crippen LogP contribution in [-0.4, -0.2) is 22.5 Å². The molecule has 1 aliphatic heterocycles. The summed E-state index contributed by atoms with van der Waals surface area (Å²) in [6.45, 7) is 0. The van der Waals surface area contributed by atoms with Crippen molar-refractivity contribution in [1.82, 2.24) is 5.01 Å². The van der Waals surface area contributed by atoms with Crippen molar-refractivity contribution in [3.8, 4) is 6.07 Å². The van der Waals surface area contributed by atoms with Crippen LogP contribution in [0.2, 0.25) is 0 Å². The number of nitrogens with zero attached hydrogens (tertiary/aromatic N) is 4. The molecule has 5 aliphatic rings. The summed E-state index contributed by atoms with van der Waals surface area (Å²) in [6, 6.07) is 23.5. The molecule has 0 spiro atoms. The number of nitriles is 1. The van der Waals surface area contributed by atoms with Gasteiger partial charge in [-0.1, -0.05) is 48.5 Å². The van der Waals surface area contributed by atoms with Crippen LogP contribution in [-0.2, 0) is 0 Å². The van der Waals surface area contributed by atoms with Gasteiger partial charge < -0.3 is 4.90 Å². The van der Waals surface area contributed by atoms with Gasteiger partial charge in [0.2, 0.25) is 0 Å². The molecule has 4 bridgehead atoms. The zero-order valence-electron chi connectivity index (χ0n) is 17.3. The minimum atomic E-state index is -0.0381. The smallest absolute Gasteiger partial charge is 0.162 e. The first-order valence-electron chi connectivity index (χ1n) is 11.4. The summed E-state index contributed by atoms with van der Waals surface area (Å²) in [5.74, 6) is 3.53. The second-order valence-electron chi connectivity index (χ2n) is 9.82. The second-order valence-corrected chi connectivity index (χ2v) is 9.82. The summed E-state index contributed by atoms with van der Waals surface area (Å²) < 4.78 is 0. The van der Waals surface area contributed by atoms with Gasteiger partial charge >= 0.3 is 0 Å². The van der Waals surface area contributed by atoms with Gasteiger partial charge in [0.25, 0.3) is 0 Å². The first-order chi connectivity index (χ1) is 14.8. The molecule has 0 radical (unpaired) electrons. The molecule has 1 unspecified atom stereocenters. The minimum Gasteiger partial charge on any atom is -0.301 e. The molecule has 4 heteroatoms.